The van der Waals surface area contributed by atoms with Gasteiger partial charge < -0.3 is 9.30 Å². The number of aryl methyl sites for hydroxylation is 1. The first-order valence-corrected chi connectivity index (χ1v) is 7.66. The molecule has 0 atom stereocenters. The Morgan fingerprint density at radius 2 is 2.12 bits per heavy atom. The summed E-state index contributed by atoms with van der Waals surface area (Å²) in [7, 11) is 1.47. The van der Waals surface area contributed by atoms with Crippen molar-refractivity contribution in [3.63, 3.8) is 0 Å². The summed E-state index contributed by atoms with van der Waals surface area (Å²) in [6.45, 7) is 1.51. The van der Waals surface area contributed by atoms with E-state index in [-0.39, 0.29) is 24.5 Å². The van der Waals surface area contributed by atoms with Crippen LogP contribution in [0.2, 0.25) is 0 Å². The minimum Gasteiger partial charge on any atom is -0.380 e. The van der Waals surface area contributed by atoms with Crippen LogP contribution in [0.4, 0.5) is 4.39 Å². The molecule has 0 bridgehead atoms. The molecule has 0 saturated carbocycles. The summed E-state index contributed by atoms with van der Waals surface area (Å²) < 4.78 is 19.0. The summed E-state index contributed by atoms with van der Waals surface area (Å²) in [6, 6.07) is 9.06. The molecule has 0 aliphatic rings. The molecule has 7 nitrogen and oxygen atoms in total. The molecule has 1 aromatic heterocycles. The number of nitrogens with zero attached hydrogens (tertiary/aromatic N) is 3. The standard InChI is InChI=1S/C18H17FN4O3/c1-12-7-14(11-26-2)16(8-20)18(25)23(12)10-17(24)22-21-9-13-3-5-15(19)6-4-13/h3-7,9H,10-11H2,1-2H3,(H,22,24). The van der Waals surface area contributed by atoms with E-state index in [4.69, 9.17) is 4.74 Å². The van der Waals surface area contributed by atoms with Crippen molar-refractivity contribution in [2.75, 3.05) is 7.11 Å². The van der Waals surface area contributed by atoms with Gasteiger partial charge in [0.05, 0.1) is 12.8 Å². The molecule has 0 spiro atoms. The Balaban J connectivity index is 2.12. The van der Waals surface area contributed by atoms with Gasteiger partial charge in [-0.15, -0.1) is 0 Å². The van der Waals surface area contributed by atoms with Crippen molar-refractivity contribution >= 4 is 12.1 Å². The normalized spacial score (nSPS) is 10.7. The molecule has 0 aliphatic carbocycles. The van der Waals surface area contributed by atoms with Crippen LogP contribution < -0.4 is 11.0 Å². The summed E-state index contributed by atoms with van der Waals surface area (Å²) >= 11 is 0. The first-order valence-electron chi connectivity index (χ1n) is 7.66. The number of carbonyl (C=O) groups is 1. The van der Waals surface area contributed by atoms with E-state index in [0.717, 1.165) is 0 Å². The average Bonchev–Trinajstić information content (AvgIpc) is 2.61. The molecule has 0 aliphatic heterocycles. The molecule has 8 heteroatoms. The Morgan fingerprint density at radius 1 is 1.42 bits per heavy atom. The molecule has 134 valence electrons. The van der Waals surface area contributed by atoms with Gasteiger partial charge >= 0.3 is 0 Å². The van der Waals surface area contributed by atoms with E-state index in [1.54, 1.807) is 13.0 Å². The highest BCUT2D eigenvalue weighted by atomic mass is 19.1. The number of hydrogen-bond donors (Lipinski definition) is 1. The molecule has 0 saturated heterocycles. The number of hydrogen-bond acceptors (Lipinski definition) is 5. The Kier molecular flexibility index (Phi) is 6.36. The molecule has 0 unspecified atom stereocenters. The number of benzene rings is 1. The fraction of sp³-hybridized carbons (Fsp3) is 0.222. The summed E-state index contributed by atoms with van der Waals surface area (Å²) in [5, 5.41) is 13.0. The van der Waals surface area contributed by atoms with Crippen LogP contribution in [0, 0.1) is 24.1 Å². The van der Waals surface area contributed by atoms with E-state index >= 15 is 0 Å². The molecule has 1 aromatic carbocycles. The number of aromatic nitrogens is 1. The molecule has 1 heterocycles. The lowest BCUT2D eigenvalue weighted by molar-refractivity contribution is -0.121. The zero-order valence-corrected chi connectivity index (χ0v) is 14.3. The minimum atomic E-state index is -0.558. The van der Waals surface area contributed by atoms with Crippen LogP contribution in [0.5, 0.6) is 0 Å². The number of halogens is 1. The van der Waals surface area contributed by atoms with Gasteiger partial charge in [0.15, 0.2) is 0 Å². The molecular formula is C18H17FN4O3. The fourth-order valence-corrected chi connectivity index (χ4v) is 2.33. The maximum absolute atomic E-state index is 12.8. The second-order valence-electron chi connectivity index (χ2n) is 5.47. The number of pyridine rings is 1. The van der Waals surface area contributed by atoms with E-state index in [1.807, 2.05) is 6.07 Å². The number of nitrogens with one attached hydrogen (secondary N) is 1. The van der Waals surface area contributed by atoms with Gasteiger partial charge in [0, 0.05) is 18.4 Å². The van der Waals surface area contributed by atoms with Gasteiger partial charge in [-0.3, -0.25) is 9.59 Å². The fourth-order valence-electron chi connectivity index (χ4n) is 2.33. The maximum atomic E-state index is 12.8. The second-order valence-corrected chi connectivity index (χ2v) is 5.47. The Bertz CT molecular complexity index is 927. The molecule has 1 N–H and O–H groups in total. The number of rotatable bonds is 6. The quantitative estimate of drug-likeness (QED) is 0.626. The predicted molar refractivity (Wildman–Crippen MR) is 93.0 cm³/mol. The van der Waals surface area contributed by atoms with Crippen LogP contribution in [-0.2, 0) is 22.7 Å². The van der Waals surface area contributed by atoms with Gasteiger partial charge in [0.25, 0.3) is 11.5 Å². The number of nitriles is 1. The van der Waals surface area contributed by atoms with Gasteiger partial charge in [-0.2, -0.15) is 10.4 Å². The molecular weight excluding hydrogens is 339 g/mol. The van der Waals surface area contributed by atoms with Crippen LogP contribution in [0.3, 0.4) is 0 Å². The van der Waals surface area contributed by atoms with Crippen molar-refractivity contribution in [3.8, 4) is 6.07 Å². The summed E-state index contributed by atoms with van der Waals surface area (Å²) in [5.74, 6) is -0.900. The van der Waals surface area contributed by atoms with Crippen molar-refractivity contribution < 1.29 is 13.9 Å². The smallest absolute Gasteiger partial charge is 0.269 e. The molecule has 2 aromatic rings. The van der Waals surface area contributed by atoms with Crippen molar-refractivity contribution in [1.29, 1.82) is 5.26 Å². The van der Waals surface area contributed by atoms with Crippen molar-refractivity contribution in [2.24, 2.45) is 5.10 Å². The predicted octanol–water partition coefficient (Wildman–Crippen LogP) is 1.46. The number of carbonyl (C=O) groups excluding carboxylic acids is 1. The largest absolute Gasteiger partial charge is 0.380 e. The van der Waals surface area contributed by atoms with Gasteiger partial charge in [0.1, 0.15) is 24.0 Å². The maximum Gasteiger partial charge on any atom is 0.269 e. The summed E-state index contributed by atoms with van der Waals surface area (Å²) in [4.78, 5) is 24.4. The van der Waals surface area contributed by atoms with E-state index in [0.29, 0.717) is 16.8 Å². The Morgan fingerprint density at radius 3 is 2.73 bits per heavy atom. The molecule has 1 amide bonds. The zero-order valence-electron chi connectivity index (χ0n) is 14.3. The molecule has 0 radical (unpaired) electrons. The van der Waals surface area contributed by atoms with Crippen LogP contribution in [-0.4, -0.2) is 23.8 Å². The average molecular weight is 356 g/mol. The minimum absolute atomic E-state index is 0.0555. The molecule has 26 heavy (non-hydrogen) atoms. The van der Waals surface area contributed by atoms with Gasteiger partial charge in [-0.25, -0.2) is 9.82 Å². The Labute approximate surface area is 149 Å². The third-order valence-corrected chi connectivity index (χ3v) is 3.58. The number of hydrazone groups is 1. The Hall–Kier alpha value is -3.31. The third kappa shape index (κ3) is 4.62. The van der Waals surface area contributed by atoms with Crippen molar-refractivity contribution in [3.05, 3.63) is 68.9 Å². The first-order chi connectivity index (χ1) is 12.5. The number of ether oxygens (including phenoxy) is 1. The summed E-state index contributed by atoms with van der Waals surface area (Å²) in [6.07, 6.45) is 1.36. The van der Waals surface area contributed by atoms with Crippen LogP contribution >= 0.6 is 0 Å². The number of methoxy groups -OCH3 is 1. The van der Waals surface area contributed by atoms with Crippen LogP contribution in [0.15, 0.2) is 40.2 Å². The van der Waals surface area contributed by atoms with E-state index < -0.39 is 11.5 Å². The lowest BCUT2D eigenvalue weighted by Gasteiger charge is -2.12. The zero-order chi connectivity index (χ0) is 19.1. The van der Waals surface area contributed by atoms with E-state index in [1.165, 1.54) is 42.2 Å². The lowest BCUT2D eigenvalue weighted by atomic mass is 10.1. The third-order valence-electron chi connectivity index (χ3n) is 3.58. The van der Waals surface area contributed by atoms with Gasteiger partial charge in [-0.05, 0) is 30.7 Å². The molecule has 2 rings (SSSR count). The van der Waals surface area contributed by atoms with Crippen molar-refractivity contribution in [1.82, 2.24) is 9.99 Å². The molecule has 0 fully saturated rings. The van der Waals surface area contributed by atoms with Crippen LogP contribution in [0.25, 0.3) is 0 Å². The monoisotopic (exact) mass is 356 g/mol. The van der Waals surface area contributed by atoms with Gasteiger partial charge in [0.2, 0.25) is 0 Å². The van der Waals surface area contributed by atoms with Crippen molar-refractivity contribution in [2.45, 2.75) is 20.1 Å². The highest BCUT2D eigenvalue weighted by Gasteiger charge is 2.14. The van der Waals surface area contributed by atoms with E-state index in [2.05, 4.69) is 10.5 Å². The lowest BCUT2D eigenvalue weighted by Crippen LogP contribution is -2.33. The van der Waals surface area contributed by atoms with Crippen LogP contribution in [0.1, 0.15) is 22.4 Å². The highest BCUT2D eigenvalue weighted by Crippen LogP contribution is 2.08. The number of amides is 1. The topological polar surface area (TPSA) is 96.5 Å². The summed E-state index contributed by atoms with van der Waals surface area (Å²) in [5.41, 5.74) is 3.29. The second kappa shape index (κ2) is 8.69. The first kappa shape index (κ1) is 19.0. The van der Waals surface area contributed by atoms with E-state index in [9.17, 15) is 19.2 Å². The van der Waals surface area contributed by atoms with Gasteiger partial charge in [-0.1, -0.05) is 12.1 Å². The SMILES string of the molecule is COCc1cc(C)n(CC(=O)NN=Cc2ccc(F)cc2)c(=O)c1C#N. The highest BCUT2D eigenvalue weighted by molar-refractivity contribution is 5.82.